The number of halogens is 1. The molecule has 0 unspecified atom stereocenters. The molecule has 0 aliphatic heterocycles. The fraction of sp³-hybridized carbons (Fsp3) is 1.00. The molecule has 4 heteroatoms. The molecule has 0 atom stereocenters. The molecule has 2 N–H and O–H groups in total. The summed E-state index contributed by atoms with van der Waals surface area (Å²) in [6, 6.07) is 0. The minimum atomic E-state index is -0.417. The Hall–Kier alpha value is 0.170. The van der Waals surface area contributed by atoms with Crippen LogP contribution in [-0.4, -0.2) is 28.8 Å². The Bertz CT molecular complexity index is 135. The summed E-state index contributed by atoms with van der Waals surface area (Å²) >= 11 is 5.55. The summed E-state index contributed by atoms with van der Waals surface area (Å²) in [4.78, 5) is 0. The van der Waals surface area contributed by atoms with Crippen molar-refractivity contribution in [2.45, 2.75) is 37.7 Å². The van der Waals surface area contributed by atoms with Gasteiger partial charge < -0.3 is 5.11 Å². The van der Waals surface area contributed by atoms with Crippen molar-refractivity contribution in [3.05, 3.63) is 0 Å². The Morgan fingerprint density at radius 1 is 1.50 bits per heavy atom. The first kappa shape index (κ1) is 10.3. The molecule has 1 aliphatic rings. The fourth-order valence-corrected chi connectivity index (χ4v) is 1.81. The normalized spacial score (nSPS) is 22.0. The average molecular weight is 193 g/mol. The summed E-state index contributed by atoms with van der Waals surface area (Å²) in [5.74, 6) is 0. The first-order valence-electron chi connectivity index (χ1n) is 4.48. The first-order valence-corrected chi connectivity index (χ1v) is 4.82. The van der Waals surface area contributed by atoms with Crippen LogP contribution in [0.3, 0.4) is 0 Å². The van der Waals surface area contributed by atoms with Crippen molar-refractivity contribution < 1.29 is 5.11 Å². The van der Waals surface area contributed by atoms with E-state index in [1.165, 1.54) is 4.53 Å². The molecular weight excluding hydrogens is 176 g/mol. The quantitative estimate of drug-likeness (QED) is 0.520. The molecule has 0 aromatic heterocycles. The third-order valence-electron chi connectivity index (χ3n) is 2.45. The topological polar surface area (TPSA) is 35.5 Å². The molecule has 0 radical (unpaired) electrons. The van der Waals surface area contributed by atoms with Gasteiger partial charge >= 0.3 is 0 Å². The highest BCUT2D eigenvalue weighted by atomic mass is 35.5. The highest BCUT2D eigenvalue weighted by Crippen LogP contribution is 2.31. The predicted molar refractivity (Wildman–Crippen MR) is 49.7 cm³/mol. The zero-order chi connectivity index (χ0) is 9.03. The number of nitrogens with zero attached hydrogens (tertiary/aromatic N) is 1. The third kappa shape index (κ3) is 3.27. The molecular formula is C8H17ClN2O. The van der Waals surface area contributed by atoms with Gasteiger partial charge in [-0.15, -0.1) is 0 Å². The van der Waals surface area contributed by atoms with E-state index in [2.05, 4.69) is 5.43 Å². The number of nitrogens with one attached hydrogen (secondary N) is 1. The molecule has 0 spiro atoms. The summed E-state index contributed by atoms with van der Waals surface area (Å²) in [5, 5.41) is 9.90. The molecule has 0 saturated heterocycles. The van der Waals surface area contributed by atoms with E-state index in [4.69, 9.17) is 11.8 Å². The van der Waals surface area contributed by atoms with Crippen LogP contribution in [0.2, 0.25) is 0 Å². The predicted octanol–water partition coefficient (Wildman–Crippen LogP) is 1.27. The van der Waals surface area contributed by atoms with Gasteiger partial charge in [-0.2, -0.15) is 4.53 Å². The zero-order valence-electron chi connectivity index (χ0n) is 7.52. The maximum atomic E-state index is 9.90. The molecule has 12 heavy (non-hydrogen) atoms. The van der Waals surface area contributed by atoms with Gasteiger partial charge in [-0.05, 0) is 31.0 Å². The molecule has 0 heterocycles. The van der Waals surface area contributed by atoms with Crippen molar-refractivity contribution in [3.63, 3.8) is 0 Å². The van der Waals surface area contributed by atoms with Gasteiger partial charge in [0.25, 0.3) is 0 Å². The van der Waals surface area contributed by atoms with Crippen LogP contribution in [0.1, 0.15) is 32.1 Å². The summed E-state index contributed by atoms with van der Waals surface area (Å²) in [7, 11) is 1.74. The number of hydrogen-bond acceptors (Lipinski definition) is 3. The first-order chi connectivity index (χ1) is 5.62. The smallest absolute Gasteiger partial charge is 0.0660 e. The number of aliphatic hydroxyl groups is 1. The van der Waals surface area contributed by atoms with Gasteiger partial charge in [0.2, 0.25) is 0 Å². The van der Waals surface area contributed by atoms with Crippen LogP contribution in [0, 0.1) is 0 Å². The van der Waals surface area contributed by atoms with E-state index >= 15 is 0 Å². The summed E-state index contributed by atoms with van der Waals surface area (Å²) < 4.78 is 1.40. The minimum absolute atomic E-state index is 0.417. The Kier molecular flexibility index (Phi) is 3.77. The van der Waals surface area contributed by atoms with E-state index in [1.807, 2.05) is 0 Å². The Balaban J connectivity index is 2.13. The van der Waals surface area contributed by atoms with E-state index in [9.17, 15) is 5.11 Å². The van der Waals surface area contributed by atoms with Gasteiger partial charge in [-0.25, -0.2) is 5.43 Å². The molecule has 1 fully saturated rings. The molecule has 72 valence electrons. The van der Waals surface area contributed by atoms with E-state index < -0.39 is 5.60 Å². The summed E-state index contributed by atoms with van der Waals surface area (Å²) in [6.07, 6.45) is 5.01. The molecule has 0 bridgehead atoms. The number of rotatable bonds is 4. The standard InChI is InChI=1S/C8H17ClN2O/c1-11(9)10-7-6-8(12)4-2-3-5-8/h10,12H,2-7H2,1H3. The van der Waals surface area contributed by atoms with Crippen molar-refractivity contribution in [2.75, 3.05) is 13.6 Å². The van der Waals surface area contributed by atoms with Crippen molar-refractivity contribution in [1.29, 1.82) is 0 Å². The van der Waals surface area contributed by atoms with Crippen LogP contribution in [-0.2, 0) is 0 Å². The average Bonchev–Trinajstić information content (AvgIpc) is 2.35. The summed E-state index contributed by atoms with van der Waals surface area (Å²) in [5.41, 5.74) is 2.52. The lowest BCUT2D eigenvalue weighted by Gasteiger charge is -2.22. The van der Waals surface area contributed by atoms with Gasteiger partial charge in [0.15, 0.2) is 0 Å². The van der Waals surface area contributed by atoms with E-state index in [0.29, 0.717) is 0 Å². The van der Waals surface area contributed by atoms with Crippen LogP contribution in [0.25, 0.3) is 0 Å². The zero-order valence-corrected chi connectivity index (χ0v) is 8.27. The van der Waals surface area contributed by atoms with Gasteiger partial charge in [-0.3, -0.25) is 0 Å². The van der Waals surface area contributed by atoms with E-state index in [-0.39, 0.29) is 0 Å². The van der Waals surface area contributed by atoms with Crippen molar-refractivity contribution in [3.8, 4) is 0 Å². The van der Waals surface area contributed by atoms with Crippen LogP contribution in [0.4, 0.5) is 0 Å². The lowest BCUT2D eigenvalue weighted by molar-refractivity contribution is 0.0365. The van der Waals surface area contributed by atoms with Crippen molar-refractivity contribution in [1.82, 2.24) is 9.95 Å². The van der Waals surface area contributed by atoms with Crippen LogP contribution >= 0.6 is 11.8 Å². The van der Waals surface area contributed by atoms with Gasteiger partial charge in [0, 0.05) is 13.6 Å². The molecule has 0 amide bonds. The van der Waals surface area contributed by atoms with Crippen LogP contribution in [0.15, 0.2) is 0 Å². The molecule has 1 rings (SSSR count). The lowest BCUT2D eigenvalue weighted by atomic mass is 9.98. The molecule has 0 aromatic rings. The third-order valence-corrected chi connectivity index (χ3v) is 2.57. The van der Waals surface area contributed by atoms with Crippen molar-refractivity contribution >= 4 is 11.8 Å². The van der Waals surface area contributed by atoms with E-state index in [1.54, 1.807) is 7.05 Å². The minimum Gasteiger partial charge on any atom is -0.390 e. The molecule has 3 nitrogen and oxygen atoms in total. The van der Waals surface area contributed by atoms with Gasteiger partial charge in [0.1, 0.15) is 0 Å². The maximum absolute atomic E-state index is 9.90. The second-order valence-corrected chi connectivity index (χ2v) is 4.07. The SMILES string of the molecule is CN(Cl)NCCC1(O)CCCC1. The second kappa shape index (κ2) is 4.42. The number of hydrogen-bond donors (Lipinski definition) is 2. The second-order valence-electron chi connectivity index (χ2n) is 3.57. The maximum Gasteiger partial charge on any atom is 0.0660 e. The summed E-state index contributed by atoms with van der Waals surface area (Å²) in [6.45, 7) is 0.747. The Morgan fingerprint density at radius 2 is 2.08 bits per heavy atom. The molecule has 1 saturated carbocycles. The highest BCUT2D eigenvalue weighted by molar-refractivity contribution is 6.12. The van der Waals surface area contributed by atoms with Crippen LogP contribution < -0.4 is 5.43 Å². The molecule has 0 aromatic carbocycles. The largest absolute Gasteiger partial charge is 0.390 e. The number of hydrazine groups is 1. The highest BCUT2D eigenvalue weighted by Gasteiger charge is 2.30. The lowest BCUT2D eigenvalue weighted by Crippen LogP contribution is -2.34. The van der Waals surface area contributed by atoms with Crippen LogP contribution in [0.5, 0.6) is 0 Å². The van der Waals surface area contributed by atoms with Crippen molar-refractivity contribution in [2.24, 2.45) is 0 Å². The fourth-order valence-electron chi connectivity index (χ4n) is 1.73. The van der Waals surface area contributed by atoms with Gasteiger partial charge in [0.05, 0.1) is 5.60 Å². The monoisotopic (exact) mass is 192 g/mol. The Labute approximate surface area is 78.8 Å². The molecule has 1 aliphatic carbocycles. The van der Waals surface area contributed by atoms with E-state index in [0.717, 1.165) is 38.6 Å². The Morgan fingerprint density at radius 3 is 2.58 bits per heavy atom. The van der Waals surface area contributed by atoms with Gasteiger partial charge in [-0.1, -0.05) is 12.8 Å².